The number of nitrogens with zero attached hydrogens (tertiary/aromatic N) is 2. The molecule has 6 atom stereocenters. The van der Waals surface area contributed by atoms with Crippen molar-refractivity contribution in [1.82, 2.24) is 14.9 Å². The minimum Gasteiger partial charge on any atom is -0.494 e. The molecule has 156 valence electrons. The molecule has 6 unspecified atom stereocenters. The molecule has 29 heavy (non-hydrogen) atoms. The molecule has 2 saturated heterocycles. The van der Waals surface area contributed by atoms with Crippen molar-refractivity contribution in [2.24, 2.45) is 11.3 Å². The van der Waals surface area contributed by atoms with Gasteiger partial charge in [-0.05, 0) is 55.9 Å². The number of hydrogen-bond donors (Lipinski definition) is 2. The van der Waals surface area contributed by atoms with Gasteiger partial charge in [0.25, 0.3) is 0 Å². The molecule has 4 heterocycles. The normalized spacial score (nSPS) is 34.4. The Kier molecular flexibility index (Phi) is 4.37. The van der Waals surface area contributed by atoms with Crippen molar-refractivity contribution in [3.63, 3.8) is 0 Å². The summed E-state index contributed by atoms with van der Waals surface area (Å²) in [4.78, 5) is 23.4. The number of H-pyrrole nitrogens is 1. The van der Waals surface area contributed by atoms with Gasteiger partial charge in [0.2, 0.25) is 5.91 Å². The van der Waals surface area contributed by atoms with E-state index in [2.05, 4.69) is 21.8 Å². The smallest absolute Gasteiger partial charge is 0.230 e. The number of aromatic amines is 1. The maximum Gasteiger partial charge on any atom is 0.230 e. The first-order chi connectivity index (χ1) is 13.8. The van der Waals surface area contributed by atoms with E-state index in [0.29, 0.717) is 28.8 Å². The molecule has 4 aliphatic rings. The quantitative estimate of drug-likeness (QED) is 0.794. The molecular weight excluding hydrogens is 390 g/mol. The largest absolute Gasteiger partial charge is 0.494 e. The van der Waals surface area contributed by atoms with E-state index in [4.69, 9.17) is 16.3 Å². The molecule has 0 radical (unpaired) electrons. The summed E-state index contributed by atoms with van der Waals surface area (Å²) >= 11 is 6.56. The molecule has 2 aromatic heterocycles. The van der Waals surface area contributed by atoms with Crippen molar-refractivity contribution in [3.05, 3.63) is 23.0 Å². The zero-order chi connectivity index (χ0) is 20.5. The van der Waals surface area contributed by atoms with Crippen LogP contribution < -0.4 is 4.74 Å². The van der Waals surface area contributed by atoms with E-state index in [9.17, 15) is 9.90 Å². The van der Waals surface area contributed by atoms with E-state index in [1.165, 1.54) is 0 Å². The van der Waals surface area contributed by atoms with E-state index >= 15 is 0 Å². The van der Waals surface area contributed by atoms with Crippen molar-refractivity contribution in [2.45, 2.75) is 70.1 Å². The number of aliphatic hydroxyl groups excluding tert-OH is 1. The van der Waals surface area contributed by atoms with Gasteiger partial charge in [0.05, 0.1) is 30.4 Å². The second kappa shape index (κ2) is 6.61. The van der Waals surface area contributed by atoms with E-state index in [-0.39, 0.29) is 35.4 Å². The zero-order valence-electron chi connectivity index (χ0n) is 17.1. The molecule has 2 aromatic rings. The zero-order valence-corrected chi connectivity index (χ0v) is 17.9. The van der Waals surface area contributed by atoms with Crippen LogP contribution in [0.5, 0.6) is 5.75 Å². The summed E-state index contributed by atoms with van der Waals surface area (Å²) in [6.45, 7) is 4.28. The number of carbonyl (C=O) groups excluding carboxylic acids is 1. The topological polar surface area (TPSA) is 78.5 Å². The van der Waals surface area contributed by atoms with Crippen LogP contribution in [0.15, 0.2) is 12.4 Å². The lowest BCUT2D eigenvalue weighted by molar-refractivity contribution is -0.144. The van der Waals surface area contributed by atoms with Crippen molar-refractivity contribution < 1.29 is 14.6 Å². The van der Waals surface area contributed by atoms with Gasteiger partial charge >= 0.3 is 0 Å². The Morgan fingerprint density at radius 2 is 2.10 bits per heavy atom. The summed E-state index contributed by atoms with van der Waals surface area (Å²) in [5, 5.41) is 11.9. The number of methoxy groups -OCH3 is 1. The fourth-order valence-corrected chi connectivity index (χ4v) is 6.69. The third kappa shape index (κ3) is 2.87. The highest BCUT2D eigenvalue weighted by Gasteiger charge is 2.54. The highest BCUT2D eigenvalue weighted by atomic mass is 35.5. The van der Waals surface area contributed by atoms with Crippen LogP contribution in [-0.2, 0) is 4.79 Å². The maximum atomic E-state index is 13.7. The number of aromatic nitrogens is 2. The van der Waals surface area contributed by atoms with Gasteiger partial charge in [0.15, 0.2) is 5.75 Å². The number of nitrogens with one attached hydrogen (secondary N) is 1. The highest BCUT2D eigenvalue weighted by Crippen LogP contribution is 2.54. The van der Waals surface area contributed by atoms with Crippen molar-refractivity contribution >= 4 is 28.5 Å². The molecule has 2 N–H and O–H groups in total. The van der Waals surface area contributed by atoms with Crippen molar-refractivity contribution in [1.29, 1.82) is 0 Å². The number of piperidine rings is 1. The Balaban J connectivity index is 1.51. The number of carbonyl (C=O) groups is 1. The van der Waals surface area contributed by atoms with Gasteiger partial charge < -0.3 is 19.7 Å². The fourth-order valence-electron chi connectivity index (χ4n) is 6.37. The molecule has 2 aliphatic heterocycles. The monoisotopic (exact) mass is 417 g/mol. The lowest BCUT2D eigenvalue weighted by atomic mass is 9.64. The Morgan fingerprint density at radius 3 is 2.83 bits per heavy atom. The Bertz CT molecular complexity index is 976. The van der Waals surface area contributed by atoms with E-state index < -0.39 is 0 Å². The van der Waals surface area contributed by atoms with Gasteiger partial charge in [0, 0.05) is 23.7 Å². The summed E-state index contributed by atoms with van der Waals surface area (Å²) in [5.41, 5.74) is 1.75. The van der Waals surface area contributed by atoms with Gasteiger partial charge in [0.1, 0.15) is 5.65 Å². The van der Waals surface area contributed by atoms with Crippen LogP contribution >= 0.6 is 11.6 Å². The number of pyridine rings is 1. The second-order valence-electron chi connectivity index (χ2n) is 9.60. The Morgan fingerprint density at radius 1 is 1.38 bits per heavy atom. The maximum absolute atomic E-state index is 13.7. The predicted molar refractivity (Wildman–Crippen MR) is 111 cm³/mol. The first kappa shape index (κ1) is 19.2. The molecule has 4 bridgehead atoms. The summed E-state index contributed by atoms with van der Waals surface area (Å²) < 4.78 is 5.32. The van der Waals surface area contributed by atoms with Gasteiger partial charge in [-0.15, -0.1) is 0 Å². The predicted octanol–water partition coefficient (Wildman–Crippen LogP) is 3.87. The lowest BCUT2D eigenvalue weighted by Gasteiger charge is -2.52. The first-order valence-corrected chi connectivity index (χ1v) is 10.9. The summed E-state index contributed by atoms with van der Waals surface area (Å²) in [5.74, 6) is 0.588. The summed E-state index contributed by atoms with van der Waals surface area (Å²) in [6, 6.07) is 0.336. The molecule has 7 heteroatoms. The molecule has 4 fully saturated rings. The van der Waals surface area contributed by atoms with Gasteiger partial charge in [-0.3, -0.25) is 4.79 Å². The number of aliphatic hydroxyl groups is 1. The summed E-state index contributed by atoms with van der Waals surface area (Å²) in [7, 11) is 1.56. The molecule has 0 spiro atoms. The van der Waals surface area contributed by atoms with Crippen LogP contribution in [0.1, 0.15) is 57.4 Å². The standard InChI is InChI=1S/C22H28ClN3O3/c1-11(15-9-24-20-18(15)19(23)17(29-3)10-25-20)21(28)26-13-4-12-6-22(2,7-13)8-14(26)5-16(12)27/h9-14,16,27H,4-8H2,1-3H3,(H,24,25). The third-order valence-corrected chi connectivity index (χ3v) is 7.95. The van der Waals surface area contributed by atoms with Crippen LogP contribution in [0.25, 0.3) is 11.0 Å². The summed E-state index contributed by atoms with van der Waals surface area (Å²) in [6.07, 6.45) is 7.85. The Labute approximate surface area is 175 Å². The minimum absolute atomic E-state index is 0.115. The average Bonchev–Trinajstić information content (AvgIpc) is 3.04. The SMILES string of the molecule is COc1cnc2[nH]cc(C(C)C(=O)N3C4CC(O)C5CC3CC(C)(C5)C4)c2c1Cl. The van der Waals surface area contributed by atoms with Crippen LogP contribution in [-0.4, -0.2) is 51.2 Å². The van der Waals surface area contributed by atoms with E-state index in [1.54, 1.807) is 13.3 Å². The Hall–Kier alpha value is -1.79. The molecule has 6 nitrogen and oxygen atoms in total. The number of rotatable bonds is 3. The molecule has 6 rings (SSSR count). The first-order valence-electron chi connectivity index (χ1n) is 10.5. The lowest BCUT2D eigenvalue weighted by Crippen LogP contribution is -2.56. The molecule has 1 amide bonds. The number of halogens is 1. The molecule has 0 aromatic carbocycles. The van der Waals surface area contributed by atoms with E-state index in [0.717, 1.165) is 36.6 Å². The minimum atomic E-state index is -0.349. The highest BCUT2D eigenvalue weighted by molar-refractivity contribution is 6.37. The number of amides is 1. The number of ether oxygens (including phenoxy) is 1. The van der Waals surface area contributed by atoms with Gasteiger partial charge in [-0.1, -0.05) is 18.5 Å². The second-order valence-corrected chi connectivity index (χ2v) is 9.98. The molecule has 2 saturated carbocycles. The third-order valence-electron chi connectivity index (χ3n) is 7.58. The van der Waals surface area contributed by atoms with Crippen LogP contribution in [0.2, 0.25) is 5.02 Å². The average molecular weight is 418 g/mol. The molecular formula is C22H28ClN3O3. The fraction of sp³-hybridized carbons (Fsp3) is 0.636. The number of fused-ring (bicyclic) bond motifs is 2. The van der Waals surface area contributed by atoms with Crippen LogP contribution in [0.4, 0.5) is 0 Å². The van der Waals surface area contributed by atoms with Crippen molar-refractivity contribution in [2.75, 3.05) is 7.11 Å². The molecule has 2 aliphatic carbocycles. The van der Waals surface area contributed by atoms with E-state index in [1.807, 2.05) is 13.1 Å². The van der Waals surface area contributed by atoms with Gasteiger partial charge in [-0.25, -0.2) is 4.98 Å². The van der Waals surface area contributed by atoms with Crippen molar-refractivity contribution in [3.8, 4) is 5.75 Å². The van der Waals surface area contributed by atoms with Gasteiger partial charge in [-0.2, -0.15) is 0 Å². The van der Waals surface area contributed by atoms with Crippen LogP contribution in [0.3, 0.4) is 0 Å². The van der Waals surface area contributed by atoms with Crippen LogP contribution in [0, 0.1) is 11.3 Å². The number of hydrogen-bond acceptors (Lipinski definition) is 4.